The lowest BCUT2D eigenvalue weighted by atomic mass is 9.80. The lowest BCUT2D eigenvalue weighted by Crippen LogP contribution is -2.34. The Kier molecular flexibility index (Phi) is 13.3. The van der Waals surface area contributed by atoms with Crippen molar-refractivity contribution in [3.8, 4) is 0 Å². The van der Waals surface area contributed by atoms with Gasteiger partial charge in [0.1, 0.15) is 11.2 Å². The topological polar surface area (TPSA) is 46.2 Å². The van der Waals surface area contributed by atoms with Crippen molar-refractivity contribution in [1.82, 2.24) is 0 Å². The van der Waals surface area contributed by atoms with E-state index in [2.05, 4.69) is 146 Å². The zero-order chi connectivity index (χ0) is 34.9. The van der Waals surface area contributed by atoms with Gasteiger partial charge in [-0.3, -0.25) is 0 Å². The maximum absolute atomic E-state index is 6.78. The van der Waals surface area contributed by atoms with E-state index in [1.54, 1.807) is 0 Å². The van der Waals surface area contributed by atoms with Crippen molar-refractivity contribution in [3.63, 3.8) is 0 Å². The third kappa shape index (κ3) is 8.89. The minimum absolute atomic E-state index is 0.415. The highest BCUT2D eigenvalue weighted by Crippen LogP contribution is 2.41. The van der Waals surface area contributed by atoms with Gasteiger partial charge in [0.2, 0.25) is 0 Å². The molecule has 0 radical (unpaired) electrons. The first-order chi connectivity index (χ1) is 25.3. The molecule has 6 aromatic rings. The standard InChI is InChI=1S/C46H46O5/c1-7-19-39(20-8-1)45(40-21-9-2-10-22-40,41-23-11-3-12-24-41)50-37-35-48-33-31-47-32-34-49-36-38-51-46(42-25-13-4-14-26-42,43-27-15-5-16-28-43)44-29-17-6-18-30-44/h1-30H,31-38H2. The molecule has 0 aliphatic rings. The summed E-state index contributed by atoms with van der Waals surface area (Å²) in [7, 11) is 0. The number of hydrogen-bond acceptors (Lipinski definition) is 5. The van der Waals surface area contributed by atoms with E-state index < -0.39 is 11.2 Å². The summed E-state index contributed by atoms with van der Waals surface area (Å²) in [6, 6.07) is 62.2. The largest absolute Gasteiger partial charge is 0.377 e. The molecule has 0 heterocycles. The Morgan fingerprint density at radius 1 is 0.235 bits per heavy atom. The molecular weight excluding hydrogens is 633 g/mol. The summed E-state index contributed by atoms with van der Waals surface area (Å²) < 4.78 is 31.2. The van der Waals surface area contributed by atoms with Gasteiger partial charge >= 0.3 is 0 Å². The third-order valence-corrected chi connectivity index (χ3v) is 8.92. The van der Waals surface area contributed by atoms with Crippen molar-refractivity contribution in [2.75, 3.05) is 52.9 Å². The Bertz CT molecular complexity index is 1470. The maximum atomic E-state index is 6.78. The van der Waals surface area contributed by atoms with Crippen LogP contribution in [0.1, 0.15) is 33.4 Å². The molecular formula is C46H46O5. The van der Waals surface area contributed by atoms with Crippen LogP contribution >= 0.6 is 0 Å². The molecule has 0 saturated heterocycles. The molecule has 0 bridgehead atoms. The van der Waals surface area contributed by atoms with E-state index in [9.17, 15) is 0 Å². The highest BCUT2D eigenvalue weighted by atomic mass is 16.6. The summed E-state index contributed by atoms with van der Waals surface area (Å²) in [5.74, 6) is 0. The van der Waals surface area contributed by atoms with Gasteiger partial charge in [-0.1, -0.05) is 182 Å². The first kappa shape index (κ1) is 35.9. The van der Waals surface area contributed by atoms with Crippen LogP contribution in [0.25, 0.3) is 0 Å². The van der Waals surface area contributed by atoms with Crippen molar-refractivity contribution in [1.29, 1.82) is 0 Å². The smallest absolute Gasteiger partial charge is 0.143 e. The molecule has 0 aromatic heterocycles. The van der Waals surface area contributed by atoms with Crippen molar-refractivity contribution in [2.24, 2.45) is 0 Å². The summed E-state index contributed by atoms with van der Waals surface area (Å²) in [5, 5.41) is 0. The van der Waals surface area contributed by atoms with E-state index in [4.69, 9.17) is 23.7 Å². The van der Waals surface area contributed by atoms with Crippen molar-refractivity contribution in [3.05, 3.63) is 215 Å². The summed E-state index contributed by atoms with van der Waals surface area (Å²) >= 11 is 0. The van der Waals surface area contributed by atoms with E-state index in [0.29, 0.717) is 52.9 Å². The second-order valence-corrected chi connectivity index (χ2v) is 12.1. The van der Waals surface area contributed by atoms with E-state index >= 15 is 0 Å². The zero-order valence-electron chi connectivity index (χ0n) is 29.0. The average Bonchev–Trinajstić information content (AvgIpc) is 3.22. The molecule has 0 amide bonds. The molecule has 5 nitrogen and oxygen atoms in total. The van der Waals surface area contributed by atoms with Gasteiger partial charge in [-0.05, 0) is 33.4 Å². The van der Waals surface area contributed by atoms with Crippen molar-refractivity contribution >= 4 is 0 Å². The van der Waals surface area contributed by atoms with Gasteiger partial charge in [0, 0.05) is 0 Å². The van der Waals surface area contributed by atoms with Crippen LogP contribution in [0.4, 0.5) is 0 Å². The minimum atomic E-state index is -0.756. The van der Waals surface area contributed by atoms with Crippen molar-refractivity contribution in [2.45, 2.75) is 11.2 Å². The molecule has 0 saturated carbocycles. The molecule has 0 N–H and O–H groups in total. The average molecular weight is 679 g/mol. The van der Waals surface area contributed by atoms with Gasteiger partial charge in [-0.2, -0.15) is 0 Å². The van der Waals surface area contributed by atoms with Crippen LogP contribution in [-0.2, 0) is 34.9 Å². The molecule has 260 valence electrons. The van der Waals surface area contributed by atoms with E-state index in [1.807, 2.05) is 36.4 Å². The first-order valence-corrected chi connectivity index (χ1v) is 17.7. The number of benzene rings is 6. The van der Waals surface area contributed by atoms with Gasteiger partial charge in [0.05, 0.1) is 52.9 Å². The van der Waals surface area contributed by atoms with E-state index in [0.717, 1.165) is 33.4 Å². The molecule has 0 atom stereocenters. The molecule has 6 rings (SSSR count). The van der Waals surface area contributed by atoms with Crippen LogP contribution in [-0.4, -0.2) is 52.9 Å². The predicted molar refractivity (Wildman–Crippen MR) is 203 cm³/mol. The van der Waals surface area contributed by atoms with E-state index in [1.165, 1.54) is 0 Å². The fraction of sp³-hybridized carbons (Fsp3) is 0.217. The zero-order valence-corrected chi connectivity index (χ0v) is 29.0. The fourth-order valence-electron chi connectivity index (χ4n) is 6.59. The van der Waals surface area contributed by atoms with Gasteiger partial charge in [-0.15, -0.1) is 0 Å². The number of ether oxygens (including phenoxy) is 5. The summed E-state index contributed by atoms with van der Waals surface area (Å²) in [5.41, 5.74) is 4.92. The molecule has 0 aliphatic heterocycles. The summed E-state index contributed by atoms with van der Waals surface area (Å²) in [6.07, 6.45) is 0. The fourth-order valence-corrected chi connectivity index (χ4v) is 6.59. The molecule has 0 fully saturated rings. The van der Waals surface area contributed by atoms with Crippen molar-refractivity contribution < 1.29 is 23.7 Å². The van der Waals surface area contributed by atoms with Crippen LogP contribution in [0.15, 0.2) is 182 Å². The Hall–Kier alpha value is -4.88. The highest BCUT2D eigenvalue weighted by molar-refractivity contribution is 5.48. The summed E-state index contributed by atoms with van der Waals surface area (Å²) in [6.45, 7) is 3.59. The highest BCUT2D eigenvalue weighted by Gasteiger charge is 2.38. The Balaban J connectivity index is 0.953. The van der Waals surface area contributed by atoms with Gasteiger partial charge in [0.15, 0.2) is 0 Å². The first-order valence-electron chi connectivity index (χ1n) is 17.7. The van der Waals surface area contributed by atoms with Gasteiger partial charge in [0.25, 0.3) is 0 Å². The second-order valence-electron chi connectivity index (χ2n) is 12.1. The van der Waals surface area contributed by atoms with Crippen LogP contribution < -0.4 is 0 Å². The normalized spacial score (nSPS) is 11.8. The third-order valence-electron chi connectivity index (χ3n) is 8.92. The molecule has 51 heavy (non-hydrogen) atoms. The SMILES string of the molecule is c1ccc(C(OCCOCCOCCOCCOC(c2ccccc2)(c2ccccc2)c2ccccc2)(c2ccccc2)c2ccccc2)cc1. The Labute approximate surface area is 302 Å². The Morgan fingerprint density at radius 2 is 0.412 bits per heavy atom. The number of rotatable bonds is 20. The van der Waals surface area contributed by atoms with Gasteiger partial charge in [-0.25, -0.2) is 0 Å². The number of hydrogen-bond donors (Lipinski definition) is 0. The van der Waals surface area contributed by atoms with Crippen LogP contribution in [0, 0.1) is 0 Å². The van der Waals surface area contributed by atoms with E-state index in [-0.39, 0.29) is 0 Å². The maximum Gasteiger partial charge on any atom is 0.143 e. The Morgan fingerprint density at radius 3 is 0.608 bits per heavy atom. The van der Waals surface area contributed by atoms with Crippen LogP contribution in [0.3, 0.4) is 0 Å². The summed E-state index contributed by atoms with van der Waals surface area (Å²) in [4.78, 5) is 0. The lowest BCUT2D eigenvalue weighted by Gasteiger charge is -2.36. The molecule has 0 aliphatic carbocycles. The molecule has 6 aromatic carbocycles. The van der Waals surface area contributed by atoms with Gasteiger partial charge < -0.3 is 23.7 Å². The molecule has 0 spiro atoms. The van der Waals surface area contributed by atoms with Crippen LogP contribution in [0.5, 0.6) is 0 Å². The van der Waals surface area contributed by atoms with Crippen LogP contribution in [0.2, 0.25) is 0 Å². The second kappa shape index (κ2) is 18.9. The molecule has 5 heteroatoms. The quantitative estimate of drug-likeness (QED) is 0.0596. The predicted octanol–water partition coefficient (Wildman–Crippen LogP) is 9.05. The molecule has 0 unspecified atom stereocenters. The minimum Gasteiger partial charge on any atom is -0.377 e. The monoisotopic (exact) mass is 678 g/mol. The lowest BCUT2D eigenvalue weighted by molar-refractivity contribution is -0.0456.